The zero-order chi connectivity index (χ0) is 14.5. The Labute approximate surface area is 136 Å². The van der Waals surface area contributed by atoms with E-state index in [0.717, 1.165) is 18.4 Å². The summed E-state index contributed by atoms with van der Waals surface area (Å²) in [6.07, 6.45) is 5.48. The number of hydrogen-bond donors (Lipinski definition) is 1. The molecule has 2 nitrogen and oxygen atoms in total. The third-order valence-electron chi connectivity index (χ3n) is 4.66. The summed E-state index contributed by atoms with van der Waals surface area (Å²) in [5, 5.41) is 5.80. The van der Waals surface area contributed by atoms with Gasteiger partial charge in [0.25, 0.3) is 0 Å². The standard InChI is InChI=1S/C16H27BrN2S/c1-4-12-5-6-15(18-2)14(7-12)10-19(3)9-13-8-16(17)20-11-13/h8,11-12,14-15,18H,4-7,9-10H2,1-3H3. The molecular formula is C16H27BrN2S. The van der Waals surface area contributed by atoms with Crippen LogP contribution in [0.5, 0.6) is 0 Å². The number of nitrogens with one attached hydrogen (secondary N) is 1. The summed E-state index contributed by atoms with van der Waals surface area (Å²) in [5.41, 5.74) is 1.42. The Bertz CT molecular complexity index is 407. The van der Waals surface area contributed by atoms with Crippen LogP contribution >= 0.6 is 27.3 Å². The summed E-state index contributed by atoms with van der Waals surface area (Å²) in [6, 6.07) is 2.95. The monoisotopic (exact) mass is 358 g/mol. The number of hydrogen-bond acceptors (Lipinski definition) is 3. The van der Waals surface area contributed by atoms with Gasteiger partial charge in [-0.1, -0.05) is 13.3 Å². The van der Waals surface area contributed by atoms with Crippen molar-refractivity contribution in [2.75, 3.05) is 20.6 Å². The molecule has 1 aliphatic carbocycles. The van der Waals surface area contributed by atoms with Crippen LogP contribution < -0.4 is 5.32 Å². The van der Waals surface area contributed by atoms with Crippen LogP contribution in [0.15, 0.2) is 15.2 Å². The van der Waals surface area contributed by atoms with E-state index >= 15 is 0 Å². The molecular weight excluding hydrogens is 332 g/mol. The highest BCUT2D eigenvalue weighted by Crippen LogP contribution is 2.32. The van der Waals surface area contributed by atoms with E-state index in [-0.39, 0.29) is 0 Å². The number of halogens is 1. The van der Waals surface area contributed by atoms with Crippen molar-refractivity contribution < 1.29 is 0 Å². The minimum atomic E-state index is 0.703. The lowest BCUT2D eigenvalue weighted by Crippen LogP contribution is -2.43. The summed E-state index contributed by atoms with van der Waals surface area (Å²) in [4.78, 5) is 2.49. The van der Waals surface area contributed by atoms with E-state index in [2.05, 4.69) is 58.6 Å². The van der Waals surface area contributed by atoms with E-state index in [4.69, 9.17) is 0 Å². The molecule has 20 heavy (non-hydrogen) atoms. The van der Waals surface area contributed by atoms with Gasteiger partial charge in [-0.25, -0.2) is 0 Å². The first-order valence-electron chi connectivity index (χ1n) is 7.71. The van der Waals surface area contributed by atoms with E-state index in [9.17, 15) is 0 Å². The normalized spacial score (nSPS) is 27.1. The molecule has 1 heterocycles. The van der Waals surface area contributed by atoms with Crippen molar-refractivity contribution >= 4 is 27.3 Å². The Balaban J connectivity index is 1.88. The molecule has 4 heteroatoms. The van der Waals surface area contributed by atoms with Crippen LogP contribution in [0.4, 0.5) is 0 Å². The summed E-state index contributed by atoms with van der Waals surface area (Å²) in [6.45, 7) is 4.61. The lowest BCUT2D eigenvalue weighted by atomic mass is 9.76. The maximum atomic E-state index is 3.55. The van der Waals surface area contributed by atoms with Crippen molar-refractivity contribution in [3.8, 4) is 0 Å². The summed E-state index contributed by atoms with van der Waals surface area (Å²) in [5.74, 6) is 1.74. The van der Waals surface area contributed by atoms with Crippen LogP contribution in [0.1, 0.15) is 38.2 Å². The zero-order valence-electron chi connectivity index (χ0n) is 12.9. The van der Waals surface area contributed by atoms with Crippen molar-refractivity contribution in [3.05, 3.63) is 20.8 Å². The van der Waals surface area contributed by atoms with Crippen LogP contribution in [0.2, 0.25) is 0 Å². The second-order valence-electron chi connectivity index (χ2n) is 6.20. The van der Waals surface area contributed by atoms with Gasteiger partial charge in [-0.05, 0) is 78.1 Å². The van der Waals surface area contributed by atoms with E-state index in [1.54, 1.807) is 11.3 Å². The largest absolute Gasteiger partial charge is 0.317 e. The first kappa shape index (κ1) is 16.5. The molecule has 0 spiro atoms. The van der Waals surface area contributed by atoms with Gasteiger partial charge in [0.1, 0.15) is 0 Å². The lowest BCUT2D eigenvalue weighted by Gasteiger charge is -2.38. The van der Waals surface area contributed by atoms with Gasteiger partial charge < -0.3 is 10.2 Å². The molecule has 0 aromatic carbocycles. The van der Waals surface area contributed by atoms with Gasteiger partial charge in [-0.2, -0.15) is 0 Å². The fourth-order valence-electron chi connectivity index (χ4n) is 3.52. The highest BCUT2D eigenvalue weighted by Gasteiger charge is 2.29. The SMILES string of the molecule is CCC1CCC(NC)C(CN(C)Cc2csc(Br)c2)C1. The smallest absolute Gasteiger partial charge is 0.0701 e. The van der Waals surface area contributed by atoms with Gasteiger partial charge in [0.15, 0.2) is 0 Å². The fourth-order valence-corrected chi connectivity index (χ4v) is 4.72. The predicted octanol–water partition coefficient (Wildman–Crippen LogP) is 4.36. The van der Waals surface area contributed by atoms with E-state index < -0.39 is 0 Å². The lowest BCUT2D eigenvalue weighted by molar-refractivity contribution is 0.153. The Morgan fingerprint density at radius 1 is 1.45 bits per heavy atom. The second kappa shape index (κ2) is 7.92. The molecule has 1 aromatic heterocycles. The molecule has 1 aromatic rings. The molecule has 0 aliphatic heterocycles. The van der Waals surface area contributed by atoms with Crippen LogP contribution in [0.25, 0.3) is 0 Å². The molecule has 1 fully saturated rings. The van der Waals surface area contributed by atoms with Crippen molar-refractivity contribution in [2.45, 2.75) is 45.2 Å². The molecule has 3 unspecified atom stereocenters. The summed E-state index contributed by atoms with van der Waals surface area (Å²) in [7, 11) is 4.38. The molecule has 2 rings (SSSR count). The molecule has 3 atom stereocenters. The minimum absolute atomic E-state index is 0.703. The second-order valence-corrected chi connectivity index (χ2v) is 8.49. The van der Waals surface area contributed by atoms with E-state index in [1.807, 2.05) is 0 Å². The average Bonchev–Trinajstić information content (AvgIpc) is 2.83. The van der Waals surface area contributed by atoms with Crippen molar-refractivity contribution in [1.82, 2.24) is 10.2 Å². The van der Waals surface area contributed by atoms with Crippen LogP contribution in [-0.4, -0.2) is 31.6 Å². The highest BCUT2D eigenvalue weighted by molar-refractivity contribution is 9.11. The Kier molecular flexibility index (Phi) is 6.53. The van der Waals surface area contributed by atoms with Crippen LogP contribution in [-0.2, 0) is 6.54 Å². The number of rotatable bonds is 6. The van der Waals surface area contributed by atoms with E-state index in [1.165, 1.54) is 41.6 Å². The van der Waals surface area contributed by atoms with Gasteiger partial charge in [0, 0.05) is 19.1 Å². The molecule has 114 valence electrons. The topological polar surface area (TPSA) is 15.3 Å². The van der Waals surface area contributed by atoms with Gasteiger partial charge in [-0.15, -0.1) is 11.3 Å². The molecule has 1 saturated carbocycles. The van der Waals surface area contributed by atoms with Crippen molar-refractivity contribution in [2.24, 2.45) is 11.8 Å². The number of thiophene rings is 1. The van der Waals surface area contributed by atoms with E-state index in [0.29, 0.717) is 6.04 Å². The summed E-state index contributed by atoms with van der Waals surface area (Å²) < 4.78 is 1.23. The quantitative estimate of drug-likeness (QED) is 0.812. The maximum absolute atomic E-state index is 3.55. The van der Waals surface area contributed by atoms with Crippen molar-refractivity contribution in [1.29, 1.82) is 0 Å². The van der Waals surface area contributed by atoms with Crippen molar-refractivity contribution in [3.63, 3.8) is 0 Å². The summed E-state index contributed by atoms with van der Waals surface area (Å²) >= 11 is 5.33. The van der Waals surface area contributed by atoms with Crippen LogP contribution in [0.3, 0.4) is 0 Å². The van der Waals surface area contributed by atoms with Gasteiger partial charge >= 0.3 is 0 Å². The minimum Gasteiger partial charge on any atom is -0.317 e. The number of nitrogens with zero attached hydrogens (tertiary/aromatic N) is 1. The molecule has 0 amide bonds. The molecule has 1 aliphatic rings. The Hall–Kier alpha value is 0.100. The Morgan fingerprint density at radius 2 is 2.25 bits per heavy atom. The Morgan fingerprint density at radius 3 is 2.85 bits per heavy atom. The third-order valence-corrected chi connectivity index (χ3v) is 6.21. The van der Waals surface area contributed by atoms with Gasteiger partial charge in [0.05, 0.1) is 3.79 Å². The zero-order valence-corrected chi connectivity index (χ0v) is 15.3. The maximum Gasteiger partial charge on any atom is 0.0701 e. The predicted molar refractivity (Wildman–Crippen MR) is 92.3 cm³/mol. The van der Waals surface area contributed by atoms with Gasteiger partial charge in [0.2, 0.25) is 0 Å². The first-order valence-corrected chi connectivity index (χ1v) is 9.38. The molecule has 1 N–H and O–H groups in total. The highest BCUT2D eigenvalue weighted by atomic mass is 79.9. The molecule has 0 bridgehead atoms. The first-order chi connectivity index (χ1) is 9.62. The molecule has 0 saturated heterocycles. The van der Waals surface area contributed by atoms with Gasteiger partial charge in [-0.3, -0.25) is 0 Å². The molecule has 0 radical (unpaired) electrons. The average molecular weight is 359 g/mol. The fraction of sp³-hybridized carbons (Fsp3) is 0.750. The van der Waals surface area contributed by atoms with Crippen LogP contribution in [0, 0.1) is 11.8 Å². The third kappa shape index (κ3) is 4.55.